The smallest absolute Gasteiger partial charge is 0.251 e. The fourth-order valence-electron chi connectivity index (χ4n) is 1.64. The first kappa shape index (κ1) is 19.1. The predicted molar refractivity (Wildman–Crippen MR) is 87.9 cm³/mol. The number of benzene rings is 1. The Kier molecular flexibility index (Phi) is 9.08. The van der Waals surface area contributed by atoms with E-state index in [1.807, 2.05) is 6.92 Å². The molecule has 0 aromatic heterocycles. The van der Waals surface area contributed by atoms with Gasteiger partial charge in [0.2, 0.25) is 5.91 Å². The van der Waals surface area contributed by atoms with Gasteiger partial charge in [-0.3, -0.25) is 9.59 Å². The minimum Gasteiger partial charge on any atom is -0.349 e. The first-order chi connectivity index (χ1) is 9.58. The van der Waals surface area contributed by atoms with Crippen molar-refractivity contribution in [3.8, 4) is 0 Å². The molecule has 0 saturated carbocycles. The number of rotatable bonds is 7. The molecule has 0 fully saturated rings. The molecule has 0 bridgehead atoms. The van der Waals surface area contributed by atoms with Crippen LogP contribution in [0.15, 0.2) is 36.9 Å². The Morgan fingerprint density at radius 2 is 1.90 bits per heavy atom. The van der Waals surface area contributed by atoms with E-state index in [0.29, 0.717) is 24.3 Å². The van der Waals surface area contributed by atoms with Crippen LogP contribution in [0.2, 0.25) is 0 Å². The Bertz CT molecular complexity index is 474. The Labute approximate surface area is 131 Å². The monoisotopic (exact) mass is 311 g/mol. The maximum atomic E-state index is 11.8. The standard InChI is InChI=1S/C15H21N3O2.ClH/c1-4-9-17-15(20)12-5-7-13(8-6-12)18-14(19)11(2)10-16-3;/h4-8,11,16H,1,9-10H2,2-3H3,(H,17,20)(H,18,19);1H. The van der Waals surface area contributed by atoms with E-state index in [1.54, 1.807) is 37.4 Å². The number of amides is 2. The Morgan fingerprint density at radius 3 is 2.43 bits per heavy atom. The highest BCUT2D eigenvalue weighted by Crippen LogP contribution is 2.11. The second-order valence-corrected chi connectivity index (χ2v) is 4.52. The molecular formula is C15H22ClN3O2. The van der Waals surface area contributed by atoms with Gasteiger partial charge in [-0.1, -0.05) is 13.0 Å². The third-order valence-corrected chi connectivity index (χ3v) is 2.78. The van der Waals surface area contributed by atoms with Gasteiger partial charge < -0.3 is 16.0 Å². The maximum Gasteiger partial charge on any atom is 0.251 e. The van der Waals surface area contributed by atoms with Crippen molar-refractivity contribution >= 4 is 29.9 Å². The Morgan fingerprint density at radius 1 is 1.29 bits per heavy atom. The zero-order valence-electron chi connectivity index (χ0n) is 12.3. The molecule has 1 rings (SSSR count). The molecule has 2 amide bonds. The molecule has 1 atom stereocenters. The largest absolute Gasteiger partial charge is 0.349 e. The van der Waals surface area contributed by atoms with Crippen molar-refractivity contribution in [1.82, 2.24) is 10.6 Å². The summed E-state index contributed by atoms with van der Waals surface area (Å²) in [4.78, 5) is 23.5. The van der Waals surface area contributed by atoms with Gasteiger partial charge in [0.1, 0.15) is 0 Å². The molecule has 6 heteroatoms. The molecule has 21 heavy (non-hydrogen) atoms. The second kappa shape index (κ2) is 9.96. The Hall–Kier alpha value is -1.85. The lowest BCUT2D eigenvalue weighted by Crippen LogP contribution is -2.28. The maximum absolute atomic E-state index is 11.8. The summed E-state index contributed by atoms with van der Waals surface area (Å²) in [5.74, 6) is -0.329. The average Bonchev–Trinajstić information content (AvgIpc) is 2.45. The Balaban J connectivity index is 0.00000400. The molecule has 0 aliphatic heterocycles. The van der Waals surface area contributed by atoms with E-state index in [4.69, 9.17) is 0 Å². The number of carbonyl (C=O) groups excluding carboxylic acids is 2. The number of hydrogen-bond acceptors (Lipinski definition) is 3. The number of halogens is 1. The van der Waals surface area contributed by atoms with E-state index in [9.17, 15) is 9.59 Å². The van der Waals surface area contributed by atoms with Gasteiger partial charge in [0.25, 0.3) is 5.91 Å². The average molecular weight is 312 g/mol. The molecule has 0 aliphatic rings. The van der Waals surface area contributed by atoms with Crippen molar-refractivity contribution in [2.45, 2.75) is 6.92 Å². The summed E-state index contributed by atoms with van der Waals surface area (Å²) in [5.41, 5.74) is 1.23. The van der Waals surface area contributed by atoms with Crippen molar-refractivity contribution in [3.05, 3.63) is 42.5 Å². The van der Waals surface area contributed by atoms with Crippen LogP contribution in [0.3, 0.4) is 0 Å². The fraction of sp³-hybridized carbons (Fsp3) is 0.333. The second-order valence-electron chi connectivity index (χ2n) is 4.52. The number of anilines is 1. The van der Waals surface area contributed by atoms with Crippen LogP contribution in [0.1, 0.15) is 17.3 Å². The van der Waals surface area contributed by atoms with E-state index in [-0.39, 0.29) is 30.1 Å². The van der Waals surface area contributed by atoms with E-state index < -0.39 is 0 Å². The van der Waals surface area contributed by atoms with Gasteiger partial charge in [0, 0.05) is 30.3 Å². The van der Waals surface area contributed by atoms with Crippen molar-refractivity contribution in [3.63, 3.8) is 0 Å². The van der Waals surface area contributed by atoms with Crippen LogP contribution in [0.25, 0.3) is 0 Å². The van der Waals surface area contributed by atoms with Crippen LogP contribution in [-0.2, 0) is 4.79 Å². The summed E-state index contributed by atoms with van der Waals surface area (Å²) in [7, 11) is 1.81. The van der Waals surface area contributed by atoms with Gasteiger partial charge in [0.05, 0.1) is 0 Å². The first-order valence-corrected chi connectivity index (χ1v) is 6.53. The van der Waals surface area contributed by atoms with Crippen LogP contribution >= 0.6 is 12.4 Å². The van der Waals surface area contributed by atoms with Crippen LogP contribution in [0.5, 0.6) is 0 Å². The van der Waals surface area contributed by atoms with E-state index in [0.717, 1.165) is 0 Å². The molecule has 5 nitrogen and oxygen atoms in total. The summed E-state index contributed by atoms with van der Waals surface area (Å²) in [5, 5.41) is 8.46. The lowest BCUT2D eigenvalue weighted by atomic mass is 10.1. The van der Waals surface area contributed by atoms with Crippen LogP contribution in [0.4, 0.5) is 5.69 Å². The molecule has 0 spiro atoms. The minimum atomic E-state index is -0.161. The van der Waals surface area contributed by atoms with Crippen LogP contribution < -0.4 is 16.0 Å². The molecule has 1 unspecified atom stereocenters. The van der Waals surface area contributed by atoms with E-state index >= 15 is 0 Å². The predicted octanol–water partition coefficient (Wildman–Crippen LogP) is 1.82. The molecular weight excluding hydrogens is 290 g/mol. The molecule has 0 radical (unpaired) electrons. The fourth-order valence-corrected chi connectivity index (χ4v) is 1.64. The van der Waals surface area contributed by atoms with Gasteiger partial charge in [-0.15, -0.1) is 19.0 Å². The number of hydrogen-bond donors (Lipinski definition) is 3. The van der Waals surface area contributed by atoms with Gasteiger partial charge in [0.15, 0.2) is 0 Å². The summed E-state index contributed by atoms with van der Waals surface area (Å²) in [6.07, 6.45) is 1.62. The molecule has 1 aromatic carbocycles. The lowest BCUT2D eigenvalue weighted by Gasteiger charge is -2.11. The summed E-state index contributed by atoms with van der Waals surface area (Å²) >= 11 is 0. The van der Waals surface area contributed by atoms with Crippen molar-refractivity contribution < 1.29 is 9.59 Å². The quantitative estimate of drug-likeness (QED) is 0.673. The van der Waals surface area contributed by atoms with Gasteiger partial charge in [-0.2, -0.15) is 0 Å². The zero-order valence-corrected chi connectivity index (χ0v) is 13.1. The van der Waals surface area contributed by atoms with Crippen LogP contribution in [0, 0.1) is 5.92 Å². The highest BCUT2D eigenvalue weighted by molar-refractivity contribution is 5.96. The normalized spacial score (nSPS) is 11.0. The summed E-state index contributed by atoms with van der Waals surface area (Å²) in [6, 6.07) is 6.78. The van der Waals surface area contributed by atoms with E-state index in [1.165, 1.54) is 0 Å². The molecule has 0 heterocycles. The van der Waals surface area contributed by atoms with E-state index in [2.05, 4.69) is 22.5 Å². The minimum absolute atomic E-state index is 0. The number of carbonyl (C=O) groups is 2. The molecule has 116 valence electrons. The third-order valence-electron chi connectivity index (χ3n) is 2.78. The highest BCUT2D eigenvalue weighted by atomic mass is 35.5. The molecule has 1 aromatic rings. The first-order valence-electron chi connectivity index (χ1n) is 6.53. The van der Waals surface area contributed by atoms with Crippen molar-refractivity contribution in [1.29, 1.82) is 0 Å². The highest BCUT2D eigenvalue weighted by Gasteiger charge is 2.12. The SMILES string of the molecule is C=CCNC(=O)c1ccc(NC(=O)C(C)CNC)cc1.Cl. The topological polar surface area (TPSA) is 70.2 Å². The molecule has 0 saturated heterocycles. The van der Waals surface area contributed by atoms with Crippen molar-refractivity contribution in [2.75, 3.05) is 25.5 Å². The molecule has 3 N–H and O–H groups in total. The van der Waals surface area contributed by atoms with Crippen LogP contribution in [-0.4, -0.2) is 32.0 Å². The summed E-state index contributed by atoms with van der Waals surface area (Å²) in [6.45, 7) is 6.44. The van der Waals surface area contributed by atoms with Gasteiger partial charge >= 0.3 is 0 Å². The van der Waals surface area contributed by atoms with Gasteiger partial charge in [-0.25, -0.2) is 0 Å². The number of nitrogens with one attached hydrogen (secondary N) is 3. The van der Waals surface area contributed by atoms with Crippen molar-refractivity contribution in [2.24, 2.45) is 5.92 Å². The zero-order chi connectivity index (χ0) is 15.0. The third kappa shape index (κ3) is 6.42. The summed E-state index contributed by atoms with van der Waals surface area (Å²) < 4.78 is 0. The molecule has 0 aliphatic carbocycles. The lowest BCUT2D eigenvalue weighted by molar-refractivity contribution is -0.119. The van der Waals surface area contributed by atoms with Gasteiger partial charge in [-0.05, 0) is 31.3 Å².